The zero-order valence-electron chi connectivity index (χ0n) is 15.2. The molecule has 0 aliphatic carbocycles. The first-order valence-electron chi connectivity index (χ1n) is 9.12. The van der Waals surface area contributed by atoms with Crippen molar-refractivity contribution in [3.8, 4) is 6.07 Å². The third-order valence-electron chi connectivity index (χ3n) is 4.97. The SMILES string of the molecule is CCc1cccc2sc(N3CCN(C(=O)c4ccc(C#N)cc4)CC3)nc12. The first kappa shape index (κ1) is 17.5. The van der Waals surface area contributed by atoms with Gasteiger partial charge in [0.05, 0.1) is 21.8 Å². The zero-order valence-corrected chi connectivity index (χ0v) is 16.0. The molecule has 0 atom stereocenters. The molecule has 2 aromatic carbocycles. The Bertz CT molecular complexity index is 1010. The molecule has 5 nitrogen and oxygen atoms in total. The van der Waals surface area contributed by atoms with E-state index in [1.165, 1.54) is 10.3 Å². The fourth-order valence-corrected chi connectivity index (χ4v) is 4.45. The van der Waals surface area contributed by atoms with E-state index in [1.807, 2.05) is 4.90 Å². The Labute approximate surface area is 162 Å². The second kappa shape index (κ2) is 7.37. The molecule has 0 unspecified atom stereocenters. The van der Waals surface area contributed by atoms with E-state index in [9.17, 15) is 4.79 Å². The fraction of sp³-hybridized carbons (Fsp3) is 0.286. The Morgan fingerprint density at radius 1 is 1.15 bits per heavy atom. The van der Waals surface area contributed by atoms with Crippen LogP contribution >= 0.6 is 11.3 Å². The predicted molar refractivity (Wildman–Crippen MR) is 108 cm³/mol. The van der Waals surface area contributed by atoms with Gasteiger partial charge in [0, 0.05) is 31.7 Å². The van der Waals surface area contributed by atoms with Crippen LogP contribution in [0.4, 0.5) is 5.13 Å². The van der Waals surface area contributed by atoms with Crippen molar-refractivity contribution in [1.29, 1.82) is 5.26 Å². The van der Waals surface area contributed by atoms with Crippen LogP contribution in [0, 0.1) is 11.3 Å². The van der Waals surface area contributed by atoms with Gasteiger partial charge in [0.25, 0.3) is 5.91 Å². The molecule has 3 aromatic rings. The average Bonchev–Trinajstić information content (AvgIpc) is 3.18. The van der Waals surface area contributed by atoms with Crippen LogP contribution in [0.3, 0.4) is 0 Å². The molecule has 1 saturated heterocycles. The van der Waals surface area contributed by atoms with Gasteiger partial charge < -0.3 is 9.80 Å². The lowest BCUT2D eigenvalue weighted by molar-refractivity contribution is 0.0747. The number of piperazine rings is 1. The third-order valence-corrected chi connectivity index (χ3v) is 6.05. The maximum atomic E-state index is 12.7. The summed E-state index contributed by atoms with van der Waals surface area (Å²) in [5.41, 5.74) is 3.59. The van der Waals surface area contributed by atoms with Crippen LogP contribution in [0.5, 0.6) is 0 Å². The molecule has 6 heteroatoms. The van der Waals surface area contributed by atoms with Gasteiger partial charge in [0.15, 0.2) is 5.13 Å². The van der Waals surface area contributed by atoms with Crippen LogP contribution in [0.15, 0.2) is 42.5 Å². The number of carbonyl (C=O) groups is 1. The van der Waals surface area contributed by atoms with E-state index >= 15 is 0 Å². The second-order valence-electron chi connectivity index (χ2n) is 6.58. The Morgan fingerprint density at radius 2 is 1.89 bits per heavy atom. The second-order valence-corrected chi connectivity index (χ2v) is 7.59. The minimum Gasteiger partial charge on any atom is -0.345 e. The van der Waals surface area contributed by atoms with Crippen molar-refractivity contribution in [2.45, 2.75) is 13.3 Å². The molecule has 0 N–H and O–H groups in total. The molecule has 1 amide bonds. The number of benzene rings is 2. The molecular weight excluding hydrogens is 356 g/mol. The Kier molecular flexibility index (Phi) is 4.78. The number of hydrogen-bond donors (Lipinski definition) is 0. The number of nitriles is 1. The number of anilines is 1. The van der Waals surface area contributed by atoms with Crippen molar-refractivity contribution >= 4 is 32.6 Å². The van der Waals surface area contributed by atoms with Gasteiger partial charge >= 0.3 is 0 Å². The number of fused-ring (bicyclic) bond motifs is 1. The van der Waals surface area contributed by atoms with Gasteiger partial charge in [-0.15, -0.1) is 0 Å². The molecule has 0 saturated carbocycles. The van der Waals surface area contributed by atoms with Crippen molar-refractivity contribution < 1.29 is 4.79 Å². The van der Waals surface area contributed by atoms with Crippen LogP contribution in [-0.2, 0) is 6.42 Å². The van der Waals surface area contributed by atoms with Gasteiger partial charge in [-0.05, 0) is 42.3 Å². The topological polar surface area (TPSA) is 60.2 Å². The summed E-state index contributed by atoms with van der Waals surface area (Å²) in [6, 6.07) is 15.3. The van der Waals surface area contributed by atoms with Crippen LogP contribution in [0.25, 0.3) is 10.2 Å². The number of aromatic nitrogens is 1. The van der Waals surface area contributed by atoms with E-state index in [2.05, 4.69) is 36.1 Å². The van der Waals surface area contributed by atoms with Crippen molar-refractivity contribution in [3.05, 3.63) is 59.2 Å². The van der Waals surface area contributed by atoms with E-state index in [0.29, 0.717) is 24.2 Å². The standard InChI is InChI=1S/C21H20N4OS/c1-2-16-4-3-5-18-19(16)23-21(27-18)25-12-10-24(11-13-25)20(26)17-8-6-15(14-22)7-9-17/h3-9H,2,10-13H2,1H3. The number of amides is 1. The lowest BCUT2D eigenvalue weighted by Crippen LogP contribution is -2.48. The van der Waals surface area contributed by atoms with Gasteiger partial charge in [0.2, 0.25) is 0 Å². The third kappa shape index (κ3) is 3.38. The normalized spacial score (nSPS) is 14.4. The number of aryl methyl sites for hydroxylation is 1. The summed E-state index contributed by atoms with van der Waals surface area (Å²) in [6.07, 6.45) is 0.980. The maximum Gasteiger partial charge on any atom is 0.253 e. The first-order chi connectivity index (χ1) is 13.2. The summed E-state index contributed by atoms with van der Waals surface area (Å²) >= 11 is 1.72. The summed E-state index contributed by atoms with van der Waals surface area (Å²) in [5.74, 6) is 0.0247. The Hall–Kier alpha value is -2.91. The van der Waals surface area contributed by atoms with Gasteiger partial charge in [-0.1, -0.05) is 30.4 Å². The minimum atomic E-state index is 0.0247. The average molecular weight is 376 g/mol. The first-order valence-corrected chi connectivity index (χ1v) is 9.94. The maximum absolute atomic E-state index is 12.7. The van der Waals surface area contributed by atoms with Crippen LogP contribution < -0.4 is 4.90 Å². The number of carbonyl (C=O) groups excluding carboxylic acids is 1. The van der Waals surface area contributed by atoms with E-state index in [0.717, 1.165) is 30.2 Å². The number of para-hydroxylation sites is 1. The Morgan fingerprint density at radius 3 is 2.56 bits per heavy atom. The number of nitrogens with zero attached hydrogens (tertiary/aromatic N) is 4. The summed E-state index contributed by atoms with van der Waals surface area (Å²) in [7, 11) is 0. The van der Waals surface area contributed by atoms with Gasteiger partial charge in [-0.3, -0.25) is 4.79 Å². The van der Waals surface area contributed by atoms with Crippen LogP contribution in [-0.4, -0.2) is 42.0 Å². The van der Waals surface area contributed by atoms with Crippen LogP contribution in [0.2, 0.25) is 0 Å². The smallest absolute Gasteiger partial charge is 0.253 e. The zero-order chi connectivity index (χ0) is 18.8. The highest BCUT2D eigenvalue weighted by Gasteiger charge is 2.24. The predicted octanol–water partition coefficient (Wildman–Crippen LogP) is 3.69. The fourth-order valence-electron chi connectivity index (χ4n) is 3.39. The van der Waals surface area contributed by atoms with E-state index in [1.54, 1.807) is 35.6 Å². The highest BCUT2D eigenvalue weighted by Crippen LogP contribution is 2.31. The van der Waals surface area contributed by atoms with Crippen molar-refractivity contribution in [2.75, 3.05) is 31.1 Å². The van der Waals surface area contributed by atoms with Crippen molar-refractivity contribution in [2.24, 2.45) is 0 Å². The molecular formula is C21H20N4OS. The van der Waals surface area contributed by atoms with Gasteiger partial charge in [0.1, 0.15) is 0 Å². The molecule has 1 aliphatic rings. The van der Waals surface area contributed by atoms with E-state index < -0.39 is 0 Å². The van der Waals surface area contributed by atoms with Crippen molar-refractivity contribution in [3.63, 3.8) is 0 Å². The van der Waals surface area contributed by atoms with E-state index in [4.69, 9.17) is 10.2 Å². The largest absolute Gasteiger partial charge is 0.345 e. The Balaban J connectivity index is 1.45. The molecule has 1 aromatic heterocycles. The molecule has 1 fully saturated rings. The number of hydrogen-bond acceptors (Lipinski definition) is 5. The monoisotopic (exact) mass is 376 g/mol. The lowest BCUT2D eigenvalue weighted by Gasteiger charge is -2.34. The van der Waals surface area contributed by atoms with Gasteiger partial charge in [-0.25, -0.2) is 4.98 Å². The summed E-state index contributed by atoms with van der Waals surface area (Å²) in [5, 5.41) is 9.92. The highest BCUT2D eigenvalue weighted by molar-refractivity contribution is 7.22. The highest BCUT2D eigenvalue weighted by atomic mass is 32.1. The molecule has 0 bridgehead atoms. The number of rotatable bonds is 3. The molecule has 0 spiro atoms. The molecule has 1 aliphatic heterocycles. The molecule has 136 valence electrons. The molecule has 4 rings (SSSR count). The summed E-state index contributed by atoms with van der Waals surface area (Å²) < 4.78 is 1.22. The number of thiazole rings is 1. The molecule has 2 heterocycles. The lowest BCUT2D eigenvalue weighted by atomic mass is 10.1. The van der Waals surface area contributed by atoms with Gasteiger partial charge in [-0.2, -0.15) is 5.26 Å². The summed E-state index contributed by atoms with van der Waals surface area (Å²) in [4.78, 5) is 21.7. The van der Waals surface area contributed by atoms with Crippen LogP contribution in [0.1, 0.15) is 28.4 Å². The van der Waals surface area contributed by atoms with Crippen molar-refractivity contribution in [1.82, 2.24) is 9.88 Å². The molecule has 0 radical (unpaired) electrons. The quantitative estimate of drug-likeness (QED) is 0.699. The minimum absolute atomic E-state index is 0.0247. The summed E-state index contributed by atoms with van der Waals surface area (Å²) in [6.45, 7) is 5.07. The van der Waals surface area contributed by atoms with E-state index in [-0.39, 0.29) is 5.91 Å². The molecule has 27 heavy (non-hydrogen) atoms.